The molecule has 1 heterocycles. The normalized spacial score (nSPS) is 22.4. The number of ether oxygens (including phenoxy) is 1. The molecule has 2 aliphatic rings. The summed E-state index contributed by atoms with van der Waals surface area (Å²) in [7, 11) is 0. The molecule has 3 N–H and O–H groups in total. The average Bonchev–Trinajstić information content (AvgIpc) is 2.50. The topological polar surface area (TPSA) is 71.1 Å². The minimum atomic E-state index is -0.437. The Morgan fingerprint density at radius 3 is 2.47 bits per heavy atom. The molecule has 1 aliphatic carbocycles. The highest BCUT2D eigenvalue weighted by Crippen LogP contribution is 2.44. The van der Waals surface area contributed by atoms with Gasteiger partial charge in [-0.2, -0.15) is 0 Å². The van der Waals surface area contributed by atoms with E-state index in [4.69, 9.17) is 4.74 Å². The Morgan fingerprint density at radius 2 is 1.74 bits per heavy atom. The summed E-state index contributed by atoms with van der Waals surface area (Å²) in [6.07, 6.45) is 3.35. The Balaban J connectivity index is 2.24. The summed E-state index contributed by atoms with van der Waals surface area (Å²) in [6.45, 7) is 1.79. The predicted molar refractivity (Wildman–Crippen MR) is 72.2 cm³/mol. The van der Waals surface area contributed by atoms with Gasteiger partial charge in [-0.3, -0.25) is 4.79 Å². The fourth-order valence-corrected chi connectivity index (χ4v) is 2.87. The van der Waals surface area contributed by atoms with Crippen molar-refractivity contribution in [3.8, 4) is 17.2 Å². The molecule has 0 aromatic heterocycles. The number of rotatable bonds is 0. The fourth-order valence-electron chi connectivity index (χ4n) is 2.87. The van der Waals surface area contributed by atoms with E-state index in [9.17, 15) is 15.0 Å². The quantitative estimate of drug-likeness (QED) is 0.557. The predicted octanol–water partition coefficient (Wildman–Crippen LogP) is 2.75. The van der Waals surface area contributed by atoms with Crippen LogP contribution in [0.1, 0.15) is 38.2 Å². The van der Waals surface area contributed by atoms with Gasteiger partial charge in [0.2, 0.25) is 6.10 Å². The van der Waals surface area contributed by atoms with Crippen LogP contribution in [-0.4, -0.2) is 26.9 Å². The maximum Gasteiger partial charge on any atom is 0.359 e. The zero-order chi connectivity index (χ0) is 13.6. The monoisotopic (exact) mass is 261 g/mol. The van der Waals surface area contributed by atoms with Crippen LogP contribution in [0.5, 0.6) is 17.2 Å². The number of phenolic OH excluding ortho intramolecular Hbond substituents is 2. The lowest BCUT2D eigenvalue weighted by atomic mass is 9.85. The Hall–Kier alpha value is -1.97. The van der Waals surface area contributed by atoms with Crippen molar-refractivity contribution < 1.29 is 19.7 Å². The van der Waals surface area contributed by atoms with E-state index in [0.29, 0.717) is 5.75 Å². The minimum absolute atomic E-state index is 0.159. The Kier molecular flexibility index (Phi) is 2.73. The van der Waals surface area contributed by atoms with Gasteiger partial charge in [0.1, 0.15) is 5.75 Å². The number of ketones is 1. The smallest absolute Gasteiger partial charge is 0.359 e. The van der Waals surface area contributed by atoms with E-state index in [2.05, 4.69) is 0 Å². The fraction of sp³-hybridized carbons (Fsp3) is 0.400. The highest BCUT2D eigenvalue weighted by Gasteiger charge is 2.35. The zero-order valence-corrected chi connectivity index (χ0v) is 10.8. The van der Waals surface area contributed by atoms with Gasteiger partial charge in [-0.15, -0.1) is 0 Å². The van der Waals surface area contributed by atoms with Gasteiger partial charge in [0.15, 0.2) is 11.5 Å². The molecule has 0 radical (unpaired) electrons. The Morgan fingerprint density at radius 1 is 1.11 bits per heavy atom. The first-order valence-electron chi connectivity index (χ1n) is 6.59. The van der Waals surface area contributed by atoms with Crippen LogP contribution in [0.4, 0.5) is 0 Å². The van der Waals surface area contributed by atoms with Crippen LogP contribution in [0.15, 0.2) is 17.7 Å². The maximum atomic E-state index is 10.3. The largest absolute Gasteiger partial charge is 0.504 e. The number of fused-ring (bicyclic) bond motifs is 2. The van der Waals surface area contributed by atoms with Crippen molar-refractivity contribution in [2.45, 2.75) is 38.7 Å². The number of hydrogen-bond donors (Lipinski definition) is 2. The SMILES string of the molecule is C[C@@H]1Oc2cc(O)c(O)cc2C2=C(CCCC2)C1=[OH+]. The van der Waals surface area contributed by atoms with Gasteiger partial charge >= 0.3 is 5.78 Å². The lowest BCUT2D eigenvalue weighted by Crippen LogP contribution is -2.25. The van der Waals surface area contributed by atoms with E-state index in [0.717, 1.165) is 42.4 Å². The standard InChI is InChI=1S/C15H16O4/c1-8-15(18)10-5-3-2-4-9(10)11-6-12(16)13(17)7-14(11)19-8/h6-8,16-17H,2-5H2,1H3/p+1/t8-/m0/s1. The molecule has 1 aromatic carbocycles. The van der Waals surface area contributed by atoms with Gasteiger partial charge in [-0.05, 0) is 44.2 Å². The van der Waals surface area contributed by atoms with Crippen molar-refractivity contribution in [3.63, 3.8) is 0 Å². The molecule has 100 valence electrons. The van der Waals surface area contributed by atoms with Crippen molar-refractivity contribution in [1.82, 2.24) is 0 Å². The lowest BCUT2D eigenvalue weighted by Gasteiger charge is -2.16. The number of phenols is 2. The van der Waals surface area contributed by atoms with Gasteiger partial charge in [0.05, 0.1) is 5.57 Å². The van der Waals surface area contributed by atoms with E-state index in [-0.39, 0.29) is 17.3 Å². The van der Waals surface area contributed by atoms with E-state index in [1.54, 1.807) is 6.92 Å². The molecule has 0 bridgehead atoms. The molecule has 19 heavy (non-hydrogen) atoms. The van der Waals surface area contributed by atoms with Crippen LogP contribution in [0.25, 0.3) is 5.57 Å². The summed E-state index contributed by atoms with van der Waals surface area (Å²) in [5.74, 6) is 0.422. The molecule has 0 fully saturated rings. The first kappa shape index (κ1) is 12.1. The minimum Gasteiger partial charge on any atom is -0.504 e. The van der Waals surface area contributed by atoms with Crippen LogP contribution < -0.4 is 4.74 Å². The molecule has 0 spiro atoms. The molecule has 4 nitrogen and oxygen atoms in total. The molecular weight excluding hydrogens is 244 g/mol. The third-order valence-corrected chi connectivity index (χ3v) is 3.87. The highest BCUT2D eigenvalue weighted by molar-refractivity contribution is 6.07. The molecule has 0 saturated heterocycles. The summed E-state index contributed by atoms with van der Waals surface area (Å²) < 4.78 is 5.70. The van der Waals surface area contributed by atoms with Crippen LogP contribution in [0.2, 0.25) is 0 Å². The molecular formula is C15H17O4+. The lowest BCUT2D eigenvalue weighted by molar-refractivity contribution is 0.275. The number of benzene rings is 1. The van der Waals surface area contributed by atoms with E-state index in [1.807, 2.05) is 0 Å². The Labute approximate surface area is 111 Å². The molecule has 0 amide bonds. The van der Waals surface area contributed by atoms with Crippen molar-refractivity contribution in [1.29, 1.82) is 0 Å². The van der Waals surface area contributed by atoms with Gasteiger partial charge in [-0.25, -0.2) is 0 Å². The third kappa shape index (κ3) is 1.87. The first-order chi connectivity index (χ1) is 9.08. The molecule has 1 aromatic rings. The summed E-state index contributed by atoms with van der Waals surface area (Å²) in [5, 5.41) is 19.3. The summed E-state index contributed by atoms with van der Waals surface area (Å²) >= 11 is 0. The van der Waals surface area contributed by atoms with E-state index in [1.165, 1.54) is 12.1 Å². The highest BCUT2D eigenvalue weighted by atomic mass is 16.5. The van der Waals surface area contributed by atoms with Crippen LogP contribution >= 0.6 is 0 Å². The first-order valence-corrected chi connectivity index (χ1v) is 6.59. The zero-order valence-electron chi connectivity index (χ0n) is 10.8. The van der Waals surface area contributed by atoms with Crippen LogP contribution in [0.3, 0.4) is 0 Å². The third-order valence-electron chi connectivity index (χ3n) is 3.87. The van der Waals surface area contributed by atoms with Crippen molar-refractivity contribution >= 4 is 11.4 Å². The second-order valence-electron chi connectivity index (χ2n) is 5.15. The summed E-state index contributed by atoms with van der Waals surface area (Å²) in [6, 6.07) is 2.94. The van der Waals surface area contributed by atoms with Gasteiger partial charge < -0.3 is 14.9 Å². The molecule has 4 heteroatoms. The number of hydrogen-bond acceptors (Lipinski definition) is 3. The van der Waals surface area contributed by atoms with Crippen molar-refractivity contribution in [2.75, 3.05) is 0 Å². The number of aromatic hydroxyl groups is 2. The van der Waals surface area contributed by atoms with Crippen LogP contribution in [0, 0.1) is 0 Å². The van der Waals surface area contributed by atoms with Gasteiger partial charge in [0.25, 0.3) is 0 Å². The number of carbonyl (C=O) groups excluding carboxylic acids is 1. The average molecular weight is 261 g/mol. The molecule has 1 atom stereocenters. The van der Waals surface area contributed by atoms with E-state index >= 15 is 0 Å². The van der Waals surface area contributed by atoms with Gasteiger partial charge in [-0.1, -0.05) is 0 Å². The second kappa shape index (κ2) is 4.30. The van der Waals surface area contributed by atoms with Crippen molar-refractivity contribution in [2.24, 2.45) is 0 Å². The molecule has 1 aliphatic heterocycles. The summed E-state index contributed by atoms with van der Waals surface area (Å²) in [4.78, 5) is 10.3. The van der Waals surface area contributed by atoms with Crippen molar-refractivity contribution in [3.05, 3.63) is 23.3 Å². The second-order valence-corrected chi connectivity index (χ2v) is 5.15. The Bertz CT molecular complexity index is 586. The number of allylic oxidation sites excluding steroid dienone is 1. The molecule has 0 saturated carbocycles. The maximum absolute atomic E-state index is 10.3. The van der Waals surface area contributed by atoms with Crippen LogP contribution in [-0.2, 0) is 0 Å². The molecule has 3 rings (SSSR count). The summed E-state index contributed by atoms with van der Waals surface area (Å²) in [5.41, 5.74) is 2.74. The van der Waals surface area contributed by atoms with E-state index < -0.39 is 6.10 Å². The van der Waals surface area contributed by atoms with Gasteiger partial charge in [0, 0.05) is 11.6 Å². The molecule has 0 unspecified atom stereocenters.